The topological polar surface area (TPSA) is 0 Å². The van der Waals surface area contributed by atoms with Crippen LogP contribution in [0.5, 0.6) is 0 Å². The second kappa shape index (κ2) is 7.45. The standard InChI is InChI=1S/C18H19.2ClH.Zr/c1-12-11-17(18(3,4)13(12)2)16-10-9-14-7-5-6-8-15(14)16;;;/h5-10,16H,1-4H3;2*1H;/q-1;;;. The summed E-state index contributed by atoms with van der Waals surface area (Å²) in [6.45, 7) is 9.04. The molecule has 3 heteroatoms. The van der Waals surface area contributed by atoms with Crippen molar-refractivity contribution < 1.29 is 26.2 Å². The van der Waals surface area contributed by atoms with Gasteiger partial charge in [0.05, 0.1) is 0 Å². The second-order valence-electron chi connectivity index (χ2n) is 5.88. The van der Waals surface area contributed by atoms with Crippen LogP contribution in [-0.2, 0) is 26.2 Å². The molecule has 0 saturated heterocycles. The molecule has 0 spiro atoms. The Bertz CT molecular complexity index is 609. The van der Waals surface area contributed by atoms with Gasteiger partial charge in [-0.2, -0.15) is 5.57 Å². The van der Waals surface area contributed by atoms with E-state index in [1.807, 2.05) is 0 Å². The van der Waals surface area contributed by atoms with E-state index in [2.05, 4.69) is 70.2 Å². The van der Waals surface area contributed by atoms with Crippen molar-refractivity contribution in [2.45, 2.75) is 33.6 Å². The zero-order valence-corrected chi connectivity index (χ0v) is 16.9. The van der Waals surface area contributed by atoms with E-state index in [0.29, 0.717) is 5.92 Å². The van der Waals surface area contributed by atoms with Crippen molar-refractivity contribution in [3.63, 3.8) is 0 Å². The van der Waals surface area contributed by atoms with Crippen molar-refractivity contribution in [2.75, 3.05) is 0 Å². The molecular formula is C18H21Cl2Zr-. The molecule has 1 aromatic carbocycles. The first-order chi connectivity index (χ1) is 8.51. The summed E-state index contributed by atoms with van der Waals surface area (Å²) in [5.74, 6) is 0.406. The predicted octanol–water partition coefficient (Wildman–Crippen LogP) is 5.74. The van der Waals surface area contributed by atoms with Crippen LogP contribution in [0.4, 0.5) is 0 Å². The van der Waals surface area contributed by atoms with Gasteiger partial charge in [-0.15, -0.1) is 31.7 Å². The number of benzene rings is 1. The van der Waals surface area contributed by atoms with Gasteiger partial charge in [0.1, 0.15) is 0 Å². The van der Waals surface area contributed by atoms with Gasteiger partial charge >= 0.3 is 0 Å². The molecule has 112 valence electrons. The van der Waals surface area contributed by atoms with Crippen LogP contribution in [-0.4, -0.2) is 0 Å². The van der Waals surface area contributed by atoms with Gasteiger partial charge in [0.15, 0.2) is 0 Å². The van der Waals surface area contributed by atoms with Crippen LogP contribution in [0, 0.1) is 11.5 Å². The van der Waals surface area contributed by atoms with Gasteiger partial charge in [0, 0.05) is 32.1 Å². The number of hydrogen-bond acceptors (Lipinski definition) is 0. The van der Waals surface area contributed by atoms with Gasteiger partial charge in [0.25, 0.3) is 0 Å². The number of hydrogen-bond donors (Lipinski definition) is 0. The Morgan fingerprint density at radius 2 is 1.67 bits per heavy atom. The summed E-state index contributed by atoms with van der Waals surface area (Å²) in [4.78, 5) is 0. The van der Waals surface area contributed by atoms with Crippen LogP contribution in [0.2, 0.25) is 0 Å². The van der Waals surface area contributed by atoms with Crippen LogP contribution in [0.15, 0.2) is 47.1 Å². The first-order valence-corrected chi connectivity index (χ1v) is 6.61. The Kier molecular flexibility index (Phi) is 7.41. The fourth-order valence-corrected chi connectivity index (χ4v) is 3.09. The summed E-state index contributed by atoms with van der Waals surface area (Å²) in [6.07, 6.45) is 8.19. The molecule has 1 unspecified atom stereocenters. The Morgan fingerprint density at radius 3 is 2.24 bits per heavy atom. The summed E-state index contributed by atoms with van der Waals surface area (Å²) >= 11 is 0. The first kappa shape index (κ1) is 20.9. The summed E-state index contributed by atoms with van der Waals surface area (Å²) in [7, 11) is 0. The maximum absolute atomic E-state index is 3.62. The first-order valence-electron chi connectivity index (χ1n) is 6.61. The summed E-state index contributed by atoms with van der Waals surface area (Å²) in [5, 5.41) is 0. The molecule has 0 fully saturated rings. The van der Waals surface area contributed by atoms with E-state index in [-0.39, 0.29) is 56.4 Å². The second-order valence-corrected chi connectivity index (χ2v) is 5.88. The molecule has 3 rings (SSSR count). The molecular weight excluding hydrogens is 378 g/mol. The van der Waals surface area contributed by atoms with E-state index in [1.165, 1.54) is 27.8 Å². The summed E-state index contributed by atoms with van der Waals surface area (Å²) < 4.78 is 0. The molecule has 0 aliphatic heterocycles. The molecule has 0 radical (unpaired) electrons. The van der Waals surface area contributed by atoms with E-state index < -0.39 is 0 Å². The van der Waals surface area contributed by atoms with Crippen molar-refractivity contribution >= 4 is 30.9 Å². The minimum atomic E-state index is 0. The smallest absolute Gasteiger partial charge is 0.00641 e. The number of allylic oxidation sites excluding steroid dienone is 5. The van der Waals surface area contributed by atoms with E-state index in [9.17, 15) is 0 Å². The average Bonchev–Trinajstić information content (AvgIpc) is 2.85. The van der Waals surface area contributed by atoms with Crippen LogP contribution in [0.25, 0.3) is 6.08 Å². The minimum Gasteiger partial charge on any atom is -0.248 e. The van der Waals surface area contributed by atoms with Gasteiger partial charge in [0.2, 0.25) is 0 Å². The minimum absolute atomic E-state index is 0. The fraction of sp³-hybridized carbons (Fsp3) is 0.333. The van der Waals surface area contributed by atoms with Crippen molar-refractivity contribution in [1.82, 2.24) is 0 Å². The van der Waals surface area contributed by atoms with Crippen LogP contribution < -0.4 is 0 Å². The molecule has 21 heavy (non-hydrogen) atoms. The van der Waals surface area contributed by atoms with E-state index >= 15 is 0 Å². The Balaban J connectivity index is 0.00000133. The summed E-state index contributed by atoms with van der Waals surface area (Å²) in [6, 6.07) is 8.68. The van der Waals surface area contributed by atoms with Crippen molar-refractivity contribution in [3.05, 3.63) is 64.3 Å². The molecule has 0 N–H and O–H groups in total. The molecule has 2 aliphatic carbocycles. The molecule has 0 bridgehead atoms. The van der Waals surface area contributed by atoms with E-state index in [0.717, 1.165) is 0 Å². The van der Waals surface area contributed by atoms with Crippen molar-refractivity contribution in [2.24, 2.45) is 5.41 Å². The fourth-order valence-electron chi connectivity index (χ4n) is 3.09. The van der Waals surface area contributed by atoms with Gasteiger partial charge in [-0.3, -0.25) is 0 Å². The van der Waals surface area contributed by atoms with Crippen molar-refractivity contribution in [1.29, 1.82) is 0 Å². The molecule has 0 aromatic heterocycles. The Morgan fingerprint density at radius 1 is 1.05 bits per heavy atom. The Hall–Kier alpha value is -0.0969. The molecule has 1 aromatic rings. The van der Waals surface area contributed by atoms with Crippen LogP contribution >= 0.6 is 24.8 Å². The predicted molar refractivity (Wildman–Crippen MR) is 91.6 cm³/mol. The number of halogens is 2. The monoisotopic (exact) mass is 397 g/mol. The molecule has 1 atom stereocenters. The third-order valence-corrected chi connectivity index (χ3v) is 4.61. The number of rotatable bonds is 1. The zero-order valence-electron chi connectivity index (χ0n) is 12.9. The molecule has 0 saturated carbocycles. The zero-order chi connectivity index (χ0) is 12.9. The van der Waals surface area contributed by atoms with Crippen LogP contribution in [0.1, 0.15) is 44.7 Å². The van der Waals surface area contributed by atoms with Gasteiger partial charge in [-0.1, -0.05) is 62.6 Å². The molecule has 0 amide bonds. The summed E-state index contributed by atoms with van der Waals surface area (Å²) in [5.41, 5.74) is 7.10. The molecule has 2 aliphatic rings. The SMILES string of the molecule is CC1=C(C)C(C)(C)C(C2C=Cc3ccccc32)=[C-]1.Cl.Cl.[Zr]. The Labute approximate surface area is 159 Å². The molecule has 0 heterocycles. The average molecular weight is 399 g/mol. The number of fused-ring (bicyclic) bond motifs is 1. The van der Waals surface area contributed by atoms with E-state index in [1.54, 1.807) is 0 Å². The van der Waals surface area contributed by atoms with Gasteiger partial charge in [-0.05, 0) is 11.1 Å². The quantitative estimate of drug-likeness (QED) is 0.528. The maximum Gasteiger partial charge on any atom is 0.00641 e. The maximum atomic E-state index is 3.62. The van der Waals surface area contributed by atoms with Crippen LogP contribution in [0.3, 0.4) is 0 Å². The largest absolute Gasteiger partial charge is 0.248 e. The van der Waals surface area contributed by atoms with E-state index in [4.69, 9.17) is 0 Å². The molecule has 0 nitrogen and oxygen atoms in total. The van der Waals surface area contributed by atoms with Gasteiger partial charge < -0.3 is 0 Å². The van der Waals surface area contributed by atoms with Crippen molar-refractivity contribution in [3.8, 4) is 0 Å². The third-order valence-electron chi connectivity index (χ3n) is 4.61. The third kappa shape index (κ3) is 3.31. The van der Waals surface area contributed by atoms with Gasteiger partial charge in [-0.25, -0.2) is 17.2 Å². The normalized spacial score (nSPS) is 21.0.